The molecular formula is C17H23FIN5. The molecule has 2 heterocycles. The first kappa shape index (κ1) is 18.7. The topological polar surface area (TPSA) is 59.4 Å². The van der Waals surface area contributed by atoms with Crippen LogP contribution >= 0.6 is 24.0 Å². The van der Waals surface area contributed by atoms with E-state index >= 15 is 0 Å². The van der Waals surface area contributed by atoms with E-state index in [0.717, 1.165) is 30.9 Å². The number of piperidine rings is 1. The van der Waals surface area contributed by atoms with Crippen LogP contribution in [0.15, 0.2) is 41.5 Å². The first-order valence-corrected chi connectivity index (χ1v) is 8.08. The lowest BCUT2D eigenvalue weighted by Gasteiger charge is -2.27. The maximum atomic E-state index is 12.9. The van der Waals surface area contributed by atoms with Crippen LogP contribution in [-0.2, 0) is 6.42 Å². The molecule has 0 radical (unpaired) electrons. The van der Waals surface area contributed by atoms with Crippen LogP contribution in [0.25, 0.3) is 5.69 Å². The zero-order valence-electron chi connectivity index (χ0n) is 13.6. The number of hydrogen-bond donors (Lipinski definition) is 1. The largest absolute Gasteiger partial charge is 0.370 e. The molecule has 2 aromatic rings. The van der Waals surface area contributed by atoms with Gasteiger partial charge in [0.2, 0.25) is 0 Å². The fourth-order valence-electron chi connectivity index (χ4n) is 2.74. The number of halogens is 2. The van der Waals surface area contributed by atoms with Gasteiger partial charge in [-0.05, 0) is 49.6 Å². The minimum atomic E-state index is -0.247. The van der Waals surface area contributed by atoms with Gasteiger partial charge in [0.05, 0.1) is 11.4 Å². The van der Waals surface area contributed by atoms with Gasteiger partial charge in [-0.15, -0.1) is 24.0 Å². The molecule has 1 aromatic carbocycles. The van der Waals surface area contributed by atoms with Gasteiger partial charge in [-0.25, -0.2) is 9.07 Å². The van der Waals surface area contributed by atoms with E-state index in [4.69, 9.17) is 5.73 Å². The summed E-state index contributed by atoms with van der Waals surface area (Å²) in [6.45, 7) is 2.64. The minimum absolute atomic E-state index is 0. The number of guanidine groups is 1. The lowest BCUT2D eigenvalue weighted by atomic mass is 10.1. The average Bonchev–Trinajstić information content (AvgIpc) is 3.05. The first-order valence-electron chi connectivity index (χ1n) is 8.08. The van der Waals surface area contributed by atoms with Crippen molar-refractivity contribution in [2.45, 2.75) is 25.7 Å². The smallest absolute Gasteiger partial charge is 0.191 e. The number of nitrogens with two attached hydrogens (primary N) is 1. The Morgan fingerprint density at radius 3 is 2.54 bits per heavy atom. The van der Waals surface area contributed by atoms with Crippen LogP contribution in [0.5, 0.6) is 0 Å². The van der Waals surface area contributed by atoms with Crippen molar-refractivity contribution in [2.24, 2.45) is 10.7 Å². The predicted molar refractivity (Wildman–Crippen MR) is 105 cm³/mol. The predicted octanol–water partition coefficient (Wildman–Crippen LogP) is 2.97. The van der Waals surface area contributed by atoms with Crippen LogP contribution in [0.1, 0.15) is 25.0 Å². The van der Waals surface area contributed by atoms with E-state index in [0.29, 0.717) is 12.5 Å². The van der Waals surface area contributed by atoms with Gasteiger partial charge in [-0.1, -0.05) is 0 Å². The van der Waals surface area contributed by atoms with Gasteiger partial charge in [0, 0.05) is 32.3 Å². The molecule has 1 aliphatic heterocycles. The Balaban J connectivity index is 0.00000208. The van der Waals surface area contributed by atoms with Crippen LogP contribution in [0, 0.1) is 5.82 Å². The Kier molecular flexibility index (Phi) is 7.01. The van der Waals surface area contributed by atoms with Crippen molar-refractivity contribution in [1.29, 1.82) is 0 Å². The van der Waals surface area contributed by atoms with E-state index in [1.807, 2.05) is 12.3 Å². The maximum absolute atomic E-state index is 12.9. The third-order valence-electron chi connectivity index (χ3n) is 4.06. The summed E-state index contributed by atoms with van der Waals surface area (Å²) >= 11 is 0. The van der Waals surface area contributed by atoms with E-state index in [-0.39, 0.29) is 29.8 Å². The van der Waals surface area contributed by atoms with Crippen LogP contribution in [0.4, 0.5) is 4.39 Å². The summed E-state index contributed by atoms with van der Waals surface area (Å²) < 4.78 is 14.7. The summed E-state index contributed by atoms with van der Waals surface area (Å²) in [5.74, 6) is 0.395. The van der Waals surface area contributed by atoms with Crippen LogP contribution in [-0.4, -0.2) is 40.3 Å². The molecule has 2 N–H and O–H groups in total. The molecule has 5 nitrogen and oxygen atoms in total. The Bertz CT molecular complexity index is 662. The SMILES string of the molecule is I.NC(=NCCc1ccn(-c2ccc(F)cc2)n1)N1CCCCC1. The highest BCUT2D eigenvalue weighted by molar-refractivity contribution is 14.0. The number of likely N-dealkylation sites (tertiary alicyclic amines) is 1. The molecule has 0 saturated carbocycles. The van der Waals surface area contributed by atoms with Crippen molar-refractivity contribution < 1.29 is 4.39 Å². The summed E-state index contributed by atoms with van der Waals surface area (Å²) in [7, 11) is 0. The molecule has 7 heteroatoms. The quantitative estimate of drug-likeness (QED) is 0.449. The highest BCUT2D eigenvalue weighted by atomic mass is 127. The van der Waals surface area contributed by atoms with Crippen molar-refractivity contribution in [2.75, 3.05) is 19.6 Å². The van der Waals surface area contributed by atoms with Gasteiger partial charge in [-0.3, -0.25) is 4.99 Å². The van der Waals surface area contributed by atoms with E-state index in [2.05, 4.69) is 15.0 Å². The zero-order valence-corrected chi connectivity index (χ0v) is 15.9. The van der Waals surface area contributed by atoms with Crippen LogP contribution in [0.2, 0.25) is 0 Å². The van der Waals surface area contributed by atoms with Gasteiger partial charge in [0.25, 0.3) is 0 Å². The number of benzene rings is 1. The molecule has 0 atom stereocenters. The molecule has 1 aromatic heterocycles. The highest BCUT2D eigenvalue weighted by Crippen LogP contribution is 2.10. The lowest BCUT2D eigenvalue weighted by molar-refractivity contribution is 0.338. The summed E-state index contributed by atoms with van der Waals surface area (Å²) in [4.78, 5) is 6.61. The first-order chi connectivity index (χ1) is 11.2. The molecule has 3 rings (SSSR count). The van der Waals surface area contributed by atoms with E-state index in [9.17, 15) is 4.39 Å². The third kappa shape index (κ3) is 4.93. The fourth-order valence-corrected chi connectivity index (χ4v) is 2.74. The Morgan fingerprint density at radius 1 is 1.12 bits per heavy atom. The standard InChI is InChI=1S/C17H22FN5.HI/c18-14-4-6-16(7-5-14)23-13-9-15(21-23)8-10-20-17(19)22-11-2-1-3-12-22;/h4-7,9,13H,1-3,8,10-12H2,(H2,19,20);1H. The summed E-state index contributed by atoms with van der Waals surface area (Å²) in [5, 5.41) is 4.49. The van der Waals surface area contributed by atoms with Gasteiger partial charge >= 0.3 is 0 Å². The normalized spacial score (nSPS) is 15.2. The van der Waals surface area contributed by atoms with Gasteiger partial charge in [0.15, 0.2) is 5.96 Å². The zero-order chi connectivity index (χ0) is 16.1. The average molecular weight is 443 g/mol. The Hall–Kier alpha value is -1.64. The van der Waals surface area contributed by atoms with Crippen LogP contribution < -0.4 is 5.73 Å². The second-order valence-electron chi connectivity index (χ2n) is 5.77. The maximum Gasteiger partial charge on any atom is 0.191 e. The van der Waals surface area contributed by atoms with Crippen molar-refractivity contribution in [1.82, 2.24) is 14.7 Å². The number of nitrogens with zero attached hydrogens (tertiary/aromatic N) is 4. The van der Waals surface area contributed by atoms with Gasteiger partial charge in [-0.2, -0.15) is 5.10 Å². The second-order valence-corrected chi connectivity index (χ2v) is 5.77. The van der Waals surface area contributed by atoms with Crippen molar-refractivity contribution >= 4 is 29.9 Å². The van der Waals surface area contributed by atoms with Gasteiger partial charge < -0.3 is 10.6 Å². The van der Waals surface area contributed by atoms with E-state index in [1.165, 1.54) is 31.4 Å². The molecule has 0 bridgehead atoms. The third-order valence-corrected chi connectivity index (χ3v) is 4.06. The van der Waals surface area contributed by atoms with Crippen molar-refractivity contribution in [3.8, 4) is 5.69 Å². The fraction of sp³-hybridized carbons (Fsp3) is 0.412. The molecule has 0 unspecified atom stereocenters. The molecule has 1 aliphatic rings. The Labute approximate surface area is 158 Å². The minimum Gasteiger partial charge on any atom is -0.370 e. The number of aliphatic imine (C=N–C) groups is 1. The van der Waals surface area contributed by atoms with E-state index in [1.54, 1.807) is 16.8 Å². The van der Waals surface area contributed by atoms with Gasteiger partial charge in [0.1, 0.15) is 5.82 Å². The second kappa shape index (κ2) is 9.00. The molecule has 0 spiro atoms. The van der Waals surface area contributed by atoms with Crippen molar-refractivity contribution in [3.63, 3.8) is 0 Å². The highest BCUT2D eigenvalue weighted by Gasteiger charge is 2.11. The van der Waals surface area contributed by atoms with Crippen molar-refractivity contribution in [3.05, 3.63) is 48.0 Å². The lowest BCUT2D eigenvalue weighted by Crippen LogP contribution is -2.41. The van der Waals surface area contributed by atoms with E-state index < -0.39 is 0 Å². The monoisotopic (exact) mass is 443 g/mol. The molecular weight excluding hydrogens is 420 g/mol. The molecule has 1 fully saturated rings. The summed E-state index contributed by atoms with van der Waals surface area (Å²) in [6.07, 6.45) is 6.28. The number of rotatable bonds is 4. The Morgan fingerprint density at radius 2 is 1.83 bits per heavy atom. The molecule has 0 amide bonds. The molecule has 0 aliphatic carbocycles. The summed E-state index contributed by atoms with van der Waals surface area (Å²) in [6, 6.07) is 8.23. The molecule has 1 saturated heterocycles. The molecule has 130 valence electrons. The van der Waals surface area contributed by atoms with Crippen LogP contribution in [0.3, 0.4) is 0 Å². The number of hydrogen-bond acceptors (Lipinski definition) is 2. The molecule has 24 heavy (non-hydrogen) atoms. The number of aromatic nitrogens is 2. The summed E-state index contributed by atoms with van der Waals surface area (Å²) in [5.41, 5.74) is 7.83.